The molecule has 0 unspecified atom stereocenters. The lowest BCUT2D eigenvalue weighted by Gasteiger charge is -2.34. The summed E-state index contributed by atoms with van der Waals surface area (Å²) < 4.78 is 0. The van der Waals surface area contributed by atoms with E-state index in [2.05, 4.69) is 5.32 Å². The second kappa shape index (κ2) is 4.37. The van der Waals surface area contributed by atoms with E-state index in [4.69, 9.17) is 0 Å². The van der Waals surface area contributed by atoms with Crippen LogP contribution in [0, 0.1) is 13.8 Å². The van der Waals surface area contributed by atoms with Gasteiger partial charge in [0.15, 0.2) is 0 Å². The van der Waals surface area contributed by atoms with Crippen molar-refractivity contribution in [2.75, 3.05) is 11.9 Å². The molecule has 0 fully saturated rings. The molecule has 1 heterocycles. The highest BCUT2D eigenvalue weighted by atomic mass is 16.2. The average Bonchev–Trinajstić information content (AvgIpc) is 2.38. The van der Waals surface area contributed by atoms with Gasteiger partial charge in [0.1, 0.15) is 6.54 Å². The Bertz CT molecular complexity index is 556. The highest BCUT2D eigenvalue weighted by molar-refractivity contribution is 6.09. The molecule has 0 saturated carbocycles. The summed E-state index contributed by atoms with van der Waals surface area (Å²) in [6, 6.07) is 3.81. The molecule has 1 aromatic carbocycles. The molecule has 0 aliphatic carbocycles. The Hall–Kier alpha value is -1.84. The first kappa shape index (κ1) is 13.6. The number of nitrogens with one attached hydrogen (secondary N) is 1. The van der Waals surface area contributed by atoms with Crippen LogP contribution >= 0.6 is 0 Å². The van der Waals surface area contributed by atoms with Gasteiger partial charge in [0.25, 0.3) is 5.91 Å². The zero-order valence-electron chi connectivity index (χ0n) is 12.1. The number of carbonyl (C=O) groups is 2. The first-order valence-corrected chi connectivity index (χ1v) is 6.43. The van der Waals surface area contributed by atoms with Crippen molar-refractivity contribution in [1.29, 1.82) is 0 Å². The highest BCUT2D eigenvalue weighted by Gasteiger charge is 2.33. The van der Waals surface area contributed by atoms with E-state index in [-0.39, 0.29) is 23.9 Å². The van der Waals surface area contributed by atoms with Crippen LogP contribution in [0.2, 0.25) is 0 Å². The van der Waals surface area contributed by atoms with E-state index in [1.165, 1.54) is 0 Å². The molecule has 4 heteroatoms. The fourth-order valence-electron chi connectivity index (χ4n) is 2.38. The number of benzene rings is 1. The van der Waals surface area contributed by atoms with Gasteiger partial charge in [0, 0.05) is 5.54 Å². The smallest absolute Gasteiger partial charge is 0.256 e. The lowest BCUT2D eigenvalue weighted by Crippen LogP contribution is -2.47. The number of fused-ring (bicyclic) bond motifs is 1. The van der Waals surface area contributed by atoms with E-state index in [0.29, 0.717) is 11.3 Å². The van der Waals surface area contributed by atoms with E-state index < -0.39 is 0 Å². The predicted octanol–water partition coefficient (Wildman–Crippen LogP) is 2.50. The van der Waals surface area contributed by atoms with Gasteiger partial charge in [-0.3, -0.25) is 9.59 Å². The van der Waals surface area contributed by atoms with Crippen LogP contribution in [0.1, 0.15) is 42.3 Å². The van der Waals surface area contributed by atoms with Gasteiger partial charge in [-0.05, 0) is 51.8 Å². The zero-order chi connectivity index (χ0) is 14.4. The fraction of sp³-hybridized carbons (Fsp3) is 0.467. The van der Waals surface area contributed by atoms with Gasteiger partial charge >= 0.3 is 0 Å². The van der Waals surface area contributed by atoms with E-state index in [1.54, 1.807) is 4.90 Å². The van der Waals surface area contributed by atoms with Crippen molar-refractivity contribution in [3.63, 3.8) is 0 Å². The maximum absolute atomic E-state index is 12.7. The minimum Gasteiger partial charge on any atom is -0.324 e. The van der Waals surface area contributed by atoms with Crippen LogP contribution in [0.15, 0.2) is 12.1 Å². The lowest BCUT2D eigenvalue weighted by atomic mass is 10.0. The van der Waals surface area contributed by atoms with Crippen LogP contribution in [0.5, 0.6) is 0 Å². The summed E-state index contributed by atoms with van der Waals surface area (Å²) in [4.78, 5) is 26.3. The van der Waals surface area contributed by atoms with E-state index in [9.17, 15) is 9.59 Å². The third-order valence-electron chi connectivity index (χ3n) is 3.33. The van der Waals surface area contributed by atoms with Crippen LogP contribution in [0.25, 0.3) is 0 Å². The molecular weight excluding hydrogens is 240 g/mol. The lowest BCUT2D eigenvalue weighted by molar-refractivity contribution is -0.117. The van der Waals surface area contributed by atoms with Crippen molar-refractivity contribution < 1.29 is 9.59 Å². The number of hydrogen-bond donors (Lipinski definition) is 1. The molecule has 0 aromatic heterocycles. The Morgan fingerprint density at radius 2 is 1.79 bits per heavy atom. The Morgan fingerprint density at radius 1 is 1.16 bits per heavy atom. The molecule has 2 rings (SSSR count). The summed E-state index contributed by atoms with van der Waals surface area (Å²) in [6.07, 6.45) is 0. The average molecular weight is 260 g/mol. The standard InChI is InChI=1S/C15H20N2O2/c1-9-6-10(2)13-11(7-9)14(19)17(15(3,4)5)8-12(18)16-13/h6-7H,8H2,1-5H3,(H,16,18). The second-order valence-electron chi connectivity index (χ2n) is 6.11. The number of carbonyl (C=O) groups excluding carboxylic acids is 2. The summed E-state index contributed by atoms with van der Waals surface area (Å²) in [5, 5.41) is 2.85. The quantitative estimate of drug-likeness (QED) is 0.779. The van der Waals surface area contributed by atoms with Crippen LogP contribution in [-0.4, -0.2) is 28.8 Å². The molecular formula is C15H20N2O2. The molecule has 4 nitrogen and oxygen atoms in total. The number of aryl methyl sites for hydroxylation is 2. The van der Waals surface area contributed by atoms with Crippen molar-refractivity contribution in [1.82, 2.24) is 4.90 Å². The van der Waals surface area contributed by atoms with E-state index in [1.807, 2.05) is 46.8 Å². The zero-order valence-corrected chi connectivity index (χ0v) is 12.1. The first-order chi connectivity index (χ1) is 8.70. The van der Waals surface area contributed by atoms with Gasteiger partial charge in [-0.1, -0.05) is 6.07 Å². The molecule has 2 amide bonds. The van der Waals surface area contributed by atoms with E-state index >= 15 is 0 Å². The predicted molar refractivity (Wildman–Crippen MR) is 75.3 cm³/mol. The Morgan fingerprint density at radius 3 is 2.37 bits per heavy atom. The Balaban J connectivity index is 2.61. The molecule has 1 aromatic rings. The van der Waals surface area contributed by atoms with Gasteiger partial charge in [-0.15, -0.1) is 0 Å². The van der Waals surface area contributed by atoms with Gasteiger partial charge in [0.2, 0.25) is 5.91 Å². The summed E-state index contributed by atoms with van der Waals surface area (Å²) >= 11 is 0. The molecule has 1 N–H and O–H groups in total. The largest absolute Gasteiger partial charge is 0.324 e. The van der Waals surface area contributed by atoms with Crippen molar-refractivity contribution >= 4 is 17.5 Å². The number of hydrogen-bond acceptors (Lipinski definition) is 2. The Labute approximate surface area is 113 Å². The summed E-state index contributed by atoms with van der Waals surface area (Å²) in [5.74, 6) is -0.235. The molecule has 0 radical (unpaired) electrons. The molecule has 0 bridgehead atoms. The van der Waals surface area contributed by atoms with E-state index in [0.717, 1.165) is 11.1 Å². The molecule has 102 valence electrons. The van der Waals surface area contributed by atoms with Gasteiger partial charge in [0.05, 0.1) is 11.3 Å². The van der Waals surface area contributed by atoms with Crippen LogP contribution < -0.4 is 5.32 Å². The minimum absolute atomic E-state index is 0.0901. The fourth-order valence-corrected chi connectivity index (χ4v) is 2.38. The summed E-state index contributed by atoms with van der Waals surface area (Å²) in [5.41, 5.74) is 2.79. The number of anilines is 1. The molecule has 1 aliphatic heterocycles. The van der Waals surface area contributed by atoms with Crippen LogP contribution in [0.3, 0.4) is 0 Å². The summed E-state index contributed by atoms with van der Waals surface area (Å²) in [7, 11) is 0. The Kier molecular flexibility index (Phi) is 3.12. The third-order valence-corrected chi connectivity index (χ3v) is 3.33. The van der Waals surface area contributed by atoms with Crippen molar-refractivity contribution in [2.45, 2.75) is 40.2 Å². The first-order valence-electron chi connectivity index (χ1n) is 6.43. The number of nitrogens with zero attached hydrogens (tertiary/aromatic N) is 1. The van der Waals surface area contributed by atoms with Gasteiger partial charge < -0.3 is 10.2 Å². The normalized spacial score (nSPS) is 15.9. The third kappa shape index (κ3) is 2.48. The summed E-state index contributed by atoms with van der Waals surface area (Å²) in [6.45, 7) is 9.76. The number of amides is 2. The SMILES string of the molecule is Cc1cc(C)c2c(c1)C(=O)N(C(C)(C)C)CC(=O)N2. The minimum atomic E-state index is -0.381. The topological polar surface area (TPSA) is 49.4 Å². The monoisotopic (exact) mass is 260 g/mol. The van der Waals surface area contributed by atoms with Crippen molar-refractivity contribution in [3.8, 4) is 0 Å². The molecule has 1 aliphatic rings. The van der Waals surface area contributed by atoms with Crippen molar-refractivity contribution in [2.24, 2.45) is 0 Å². The number of rotatable bonds is 0. The van der Waals surface area contributed by atoms with Gasteiger partial charge in [-0.2, -0.15) is 0 Å². The second-order valence-corrected chi connectivity index (χ2v) is 6.11. The maximum Gasteiger partial charge on any atom is 0.256 e. The molecule has 0 spiro atoms. The molecule has 0 atom stereocenters. The van der Waals surface area contributed by atoms with Crippen LogP contribution in [-0.2, 0) is 4.79 Å². The van der Waals surface area contributed by atoms with Crippen LogP contribution in [0.4, 0.5) is 5.69 Å². The van der Waals surface area contributed by atoms with Crippen molar-refractivity contribution in [3.05, 3.63) is 28.8 Å². The molecule has 19 heavy (non-hydrogen) atoms. The molecule has 0 saturated heterocycles. The van der Waals surface area contributed by atoms with Gasteiger partial charge in [-0.25, -0.2) is 0 Å². The maximum atomic E-state index is 12.7. The highest BCUT2D eigenvalue weighted by Crippen LogP contribution is 2.29.